The van der Waals surface area contributed by atoms with Crippen molar-refractivity contribution in [3.8, 4) is 5.75 Å². The van der Waals surface area contributed by atoms with Crippen molar-refractivity contribution in [3.05, 3.63) is 22.7 Å². The fourth-order valence-electron chi connectivity index (χ4n) is 1.06. The number of anilines is 1. The highest BCUT2D eigenvalue weighted by molar-refractivity contribution is 9.10. The van der Waals surface area contributed by atoms with E-state index in [9.17, 15) is 9.28 Å². The summed E-state index contributed by atoms with van der Waals surface area (Å²) in [5, 5.41) is -1.35. The molecule has 1 aromatic carbocycles. The maximum atomic E-state index is 13.2. The first-order chi connectivity index (χ1) is 7.41. The van der Waals surface area contributed by atoms with E-state index >= 15 is 0 Å². The third kappa shape index (κ3) is 3.35. The Kier molecular flexibility index (Phi) is 4.56. The summed E-state index contributed by atoms with van der Waals surface area (Å²) < 4.78 is 19.3. The molecule has 0 fully saturated rings. The molecule has 0 aliphatic rings. The second kappa shape index (κ2) is 5.50. The summed E-state index contributed by atoms with van der Waals surface area (Å²) in [5.41, 5.74) is 0.0267. The minimum Gasteiger partial charge on any atom is -0.490 e. The lowest BCUT2D eigenvalue weighted by atomic mass is 10.3. The topological polar surface area (TPSA) is 29.5 Å². The maximum Gasteiger partial charge on any atom is 0.349 e. The van der Waals surface area contributed by atoms with E-state index in [-0.39, 0.29) is 16.9 Å². The third-order valence-electron chi connectivity index (χ3n) is 1.66. The summed E-state index contributed by atoms with van der Waals surface area (Å²) in [7, 11) is 0. The second-order valence-electron chi connectivity index (χ2n) is 3.32. The van der Waals surface area contributed by atoms with Gasteiger partial charge in [-0.15, -0.1) is 5.12 Å². The van der Waals surface area contributed by atoms with Gasteiger partial charge >= 0.3 is 5.37 Å². The van der Waals surface area contributed by atoms with E-state index in [0.29, 0.717) is 10.2 Å². The molecule has 0 aliphatic carbocycles. The highest BCUT2D eigenvalue weighted by Crippen LogP contribution is 2.31. The van der Waals surface area contributed by atoms with Gasteiger partial charge < -0.3 is 4.74 Å². The number of amides is 1. The van der Waals surface area contributed by atoms with E-state index in [4.69, 9.17) is 16.3 Å². The first-order valence-corrected chi connectivity index (χ1v) is 5.70. The van der Waals surface area contributed by atoms with E-state index in [1.807, 2.05) is 13.8 Å². The number of benzene rings is 1. The maximum absolute atomic E-state index is 13.2. The van der Waals surface area contributed by atoms with Gasteiger partial charge in [0.1, 0.15) is 5.75 Å². The molecule has 1 rings (SSSR count). The highest BCUT2D eigenvalue weighted by atomic mass is 79.9. The van der Waals surface area contributed by atoms with Gasteiger partial charge in [-0.25, -0.2) is 0 Å². The van der Waals surface area contributed by atoms with Crippen LogP contribution in [0.2, 0.25) is 0 Å². The lowest BCUT2D eigenvalue weighted by molar-refractivity contribution is 0.240. The Bertz CT molecular complexity index is 400. The molecule has 16 heavy (non-hydrogen) atoms. The largest absolute Gasteiger partial charge is 0.490 e. The van der Waals surface area contributed by atoms with Crippen molar-refractivity contribution < 1.29 is 14.0 Å². The van der Waals surface area contributed by atoms with E-state index in [1.54, 1.807) is 6.07 Å². The Labute approximate surface area is 106 Å². The Morgan fingerprint density at radius 1 is 1.56 bits per heavy atom. The molecule has 0 atom stereocenters. The summed E-state index contributed by atoms with van der Waals surface area (Å²) in [6.45, 7) is 3.69. The molecule has 0 spiro atoms. The van der Waals surface area contributed by atoms with Gasteiger partial charge in [0, 0.05) is 6.07 Å². The lowest BCUT2D eigenvalue weighted by Crippen LogP contribution is -2.14. The number of carbonyl (C=O) groups is 1. The Hall–Kier alpha value is -0.810. The van der Waals surface area contributed by atoms with Crippen molar-refractivity contribution >= 4 is 38.6 Å². The van der Waals surface area contributed by atoms with Crippen molar-refractivity contribution in [1.29, 1.82) is 0 Å². The van der Waals surface area contributed by atoms with Crippen molar-refractivity contribution in [2.45, 2.75) is 20.0 Å². The SMILES string of the molecule is CC(C)Oc1cc(N(F)C(=O)Cl)ccc1Br. The molecular formula is C10H10BrClFNO2. The zero-order valence-corrected chi connectivity index (χ0v) is 11.0. The monoisotopic (exact) mass is 309 g/mol. The van der Waals surface area contributed by atoms with Crippen LogP contribution in [0.4, 0.5) is 15.0 Å². The number of nitrogens with zero attached hydrogens (tertiary/aromatic N) is 1. The molecule has 1 aromatic rings. The van der Waals surface area contributed by atoms with Crippen LogP contribution in [0.25, 0.3) is 0 Å². The van der Waals surface area contributed by atoms with Crippen LogP contribution in [0.15, 0.2) is 22.7 Å². The smallest absolute Gasteiger partial charge is 0.349 e. The Morgan fingerprint density at radius 2 is 2.19 bits per heavy atom. The molecule has 0 unspecified atom stereocenters. The van der Waals surface area contributed by atoms with E-state index in [0.717, 1.165) is 0 Å². The highest BCUT2D eigenvalue weighted by Gasteiger charge is 2.14. The van der Waals surface area contributed by atoms with Crippen LogP contribution in [0.3, 0.4) is 0 Å². The Morgan fingerprint density at radius 3 is 2.69 bits per heavy atom. The minimum atomic E-state index is -1.20. The van der Waals surface area contributed by atoms with Gasteiger partial charge in [-0.1, -0.05) is 4.48 Å². The fourth-order valence-corrected chi connectivity index (χ4v) is 1.50. The van der Waals surface area contributed by atoms with Gasteiger partial charge in [0.25, 0.3) is 0 Å². The molecule has 1 amide bonds. The normalized spacial score (nSPS) is 10.4. The van der Waals surface area contributed by atoms with Crippen LogP contribution in [0, 0.1) is 0 Å². The molecule has 3 nitrogen and oxygen atoms in total. The first-order valence-electron chi connectivity index (χ1n) is 4.53. The number of carbonyl (C=O) groups excluding carboxylic acids is 1. The van der Waals surface area contributed by atoms with Crippen molar-refractivity contribution in [2.75, 3.05) is 5.12 Å². The van der Waals surface area contributed by atoms with Crippen LogP contribution in [0.1, 0.15) is 13.8 Å². The predicted molar refractivity (Wildman–Crippen MR) is 64.7 cm³/mol. The van der Waals surface area contributed by atoms with Crippen molar-refractivity contribution in [3.63, 3.8) is 0 Å². The number of halogens is 3. The summed E-state index contributed by atoms with van der Waals surface area (Å²) in [6.07, 6.45) is -0.0497. The van der Waals surface area contributed by atoms with Gasteiger partial charge in [-0.3, -0.25) is 4.79 Å². The molecule has 0 radical (unpaired) electrons. The van der Waals surface area contributed by atoms with Gasteiger partial charge in [-0.05, 0) is 53.5 Å². The standard InChI is InChI=1S/C10H10BrClFNO2/c1-6(2)16-9-5-7(3-4-8(9)11)14(13)10(12)15/h3-6H,1-2H3. The number of ether oxygens (including phenoxy) is 1. The van der Waals surface area contributed by atoms with E-state index in [2.05, 4.69) is 15.9 Å². The molecular weight excluding hydrogens is 300 g/mol. The summed E-state index contributed by atoms with van der Waals surface area (Å²) >= 11 is 8.28. The first kappa shape index (κ1) is 13.3. The van der Waals surface area contributed by atoms with Crippen LogP contribution in [0.5, 0.6) is 5.75 Å². The van der Waals surface area contributed by atoms with E-state index in [1.165, 1.54) is 12.1 Å². The summed E-state index contributed by atoms with van der Waals surface area (Å²) in [4.78, 5) is 10.6. The molecule has 0 aromatic heterocycles. The average molecular weight is 311 g/mol. The van der Waals surface area contributed by atoms with Gasteiger partial charge in [0.2, 0.25) is 0 Å². The molecule has 0 N–H and O–H groups in total. The lowest BCUT2D eigenvalue weighted by Gasteiger charge is -2.14. The molecule has 0 heterocycles. The van der Waals surface area contributed by atoms with E-state index < -0.39 is 5.37 Å². The quantitative estimate of drug-likeness (QED) is 0.473. The van der Waals surface area contributed by atoms with Crippen LogP contribution in [-0.2, 0) is 0 Å². The molecule has 0 saturated heterocycles. The van der Waals surface area contributed by atoms with Gasteiger partial charge in [0.05, 0.1) is 16.3 Å². The molecule has 0 saturated carbocycles. The summed E-state index contributed by atoms with van der Waals surface area (Å²) in [6, 6.07) is 4.39. The molecule has 0 bridgehead atoms. The third-order valence-corrected chi connectivity index (χ3v) is 2.46. The molecule has 0 aliphatic heterocycles. The Balaban J connectivity index is 3.02. The van der Waals surface area contributed by atoms with Gasteiger partial charge in [0.15, 0.2) is 0 Å². The molecule has 88 valence electrons. The van der Waals surface area contributed by atoms with Crippen LogP contribution < -0.4 is 9.86 Å². The van der Waals surface area contributed by atoms with Crippen molar-refractivity contribution in [2.24, 2.45) is 0 Å². The molecule has 6 heteroatoms. The number of hydrogen-bond donors (Lipinski definition) is 0. The fraction of sp³-hybridized carbons (Fsp3) is 0.300. The number of hydrogen-bond acceptors (Lipinski definition) is 2. The van der Waals surface area contributed by atoms with Crippen LogP contribution in [-0.4, -0.2) is 11.5 Å². The van der Waals surface area contributed by atoms with Gasteiger partial charge in [-0.2, -0.15) is 0 Å². The van der Waals surface area contributed by atoms with Crippen LogP contribution >= 0.6 is 27.5 Å². The summed E-state index contributed by atoms with van der Waals surface area (Å²) in [5.74, 6) is 0.452. The minimum absolute atomic E-state index is 0.0267. The average Bonchev–Trinajstić information content (AvgIpc) is 2.19. The zero-order chi connectivity index (χ0) is 12.3. The number of rotatable bonds is 3. The zero-order valence-electron chi connectivity index (χ0n) is 8.71. The van der Waals surface area contributed by atoms with Crippen molar-refractivity contribution in [1.82, 2.24) is 0 Å². The second-order valence-corrected chi connectivity index (χ2v) is 4.49. The predicted octanol–water partition coefficient (Wildman–Crippen LogP) is 4.29.